The lowest BCUT2D eigenvalue weighted by Crippen LogP contribution is -2.50. The Morgan fingerprint density at radius 2 is 1.92 bits per heavy atom. The Balaban J connectivity index is 1.20. The monoisotopic (exact) mass is 489 g/mol. The van der Waals surface area contributed by atoms with E-state index in [4.69, 9.17) is 0 Å². The van der Waals surface area contributed by atoms with Gasteiger partial charge in [-0.2, -0.15) is 0 Å². The van der Waals surface area contributed by atoms with Gasteiger partial charge in [0.05, 0.1) is 6.10 Å². The van der Waals surface area contributed by atoms with Crippen molar-refractivity contribution in [2.75, 3.05) is 0 Å². The van der Waals surface area contributed by atoms with Crippen molar-refractivity contribution in [2.45, 2.75) is 110 Å². The SMILES string of the molecule is C=CC(c1ccccn1)C(C)CCC[C@@H](C)[C@H]1CC[C@H]2[C@@H]3CC=C4C[C@@H](O)CC[C@]4(C)[C@H]3CC[C@]12C. The van der Waals surface area contributed by atoms with Gasteiger partial charge in [-0.1, -0.05) is 64.3 Å². The summed E-state index contributed by atoms with van der Waals surface area (Å²) in [4.78, 5) is 4.61. The maximum atomic E-state index is 10.3. The zero-order valence-electron chi connectivity index (χ0n) is 23.5. The molecule has 1 heterocycles. The number of pyridine rings is 1. The van der Waals surface area contributed by atoms with Crippen molar-refractivity contribution in [2.24, 2.45) is 46.3 Å². The molecule has 3 saturated carbocycles. The van der Waals surface area contributed by atoms with Gasteiger partial charge in [0.25, 0.3) is 0 Å². The highest BCUT2D eigenvalue weighted by atomic mass is 16.3. The Kier molecular flexibility index (Phi) is 7.57. The van der Waals surface area contributed by atoms with Crippen molar-refractivity contribution in [3.63, 3.8) is 0 Å². The minimum Gasteiger partial charge on any atom is -0.393 e. The van der Waals surface area contributed by atoms with Crippen molar-refractivity contribution in [1.29, 1.82) is 0 Å². The molecule has 0 aromatic carbocycles. The molecule has 0 spiro atoms. The van der Waals surface area contributed by atoms with Crippen LogP contribution in [0.1, 0.15) is 110 Å². The van der Waals surface area contributed by atoms with E-state index >= 15 is 0 Å². The van der Waals surface area contributed by atoms with E-state index in [1.807, 2.05) is 12.3 Å². The van der Waals surface area contributed by atoms with Crippen LogP contribution in [0.2, 0.25) is 0 Å². The van der Waals surface area contributed by atoms with Crippen LogP contribution in [0.15, 0.2) is 48.7 Å². The zero-order valence-corrected chi connectivity index (χ0v) is 23.5. The second kappa shape index (κ2) is 10.4. The fourth-order valence-corrected chi connectivity index (χ4v) is 9.98. The summed E-state index contributed by atoms with van der Waals surface area (Å²) in [5.74, 6) is 5.27. The number of fused-ring (bicyclic) bond motifs is 5. The molecule has 3 fully saturated rings. The Morgan fingerprint density at radius 1 is 1.08 bits per heavy atom. The summed E-state index contributed by atoms with van der Waals surface area (Å²) in [5, 5.41) is 10.3. The number of rotatable bonds is 8. The second-order valence-electron chi connectivity index (χ2n) is 13.8. The van der Waals surface area contributed by atoms with Gasteiger partial charge < -0.3 is 5.11 Å². The minimum absolute atomic E-state index is 0.0973. The van der Waals surface area contributed by atoms with E-state index in [0.717, 1.165) is 42.4 Å². The highest BCUT2D eigenvalue weighted by molar-refractivity contribution is 5.25. The Hall–Kier alpha value is -1.41. The van der Waals surface area contributed by atoms with Crippen LogP contribution in [0.25, 0.3) is 0 Å². The number of aliphatic hydroxyl groups excluding tert-OH is 1. The van der Waals surface area contributed by atoms with Gasteiger partial charge in [0.2, 0.25) is 0 Å². The molecular formula is C34H51NO. The number of allylic oxidation sites excluding steroid dienone is 2. The van der Waals surface area contributed by atoms with Gasteiger partial charge in [0.1, 0.15) is 0 Å². The first-order chi connectivity index (χ1) is 17.3. The lowest BCUT2D eigenvalue weighted by atomic mass is 9.47. The molecule has 198 valence electrons. The molecule has 0 amide bonds. The Bertz CT molecular complexity index is 938. The van der Waals surface area contributed by atoms with Gasteiger partial charge in [0.15, 0.2) is 0 Å². The van der Waals surface area contributed by atoms with E-state index in [1.54, 1.807) is 5.57 Å². The van der Waals surface area contributed by atoms with Gasteiger partial charge in [-0.15, -0.1) is 6.58 Å². The molecule has 4 aliphatic carbocycles. The molecule has 0 aliphatic heterocycles. The molecule has 4 aliphatic rings. The standard InChI is InChI=1S/C34H51NO/c1-6-27(32-12-7-8-21-35-32)23(2)10-9-11-24(3)29-15-16-30-28-14-13-25-22-26(36)17-19-33(25,4)31(28)18-20-34(29,30)5/h6-8,12-13,21,23-24,26-31,36H,1,9-11,14-20,22H2,2-5H3/t23?,24-,26+,27?,28+,29-,30+,31+,33+,34-/m1/s1. The molecular weight excluding hydrogens is 438 g/mol. The molecule has 1 aromatic rings. The first-order valence-corrected chi connectivity index (χ1v) is 15.2. The third-order valence-corrected chi connectivity index (χ3v) is 12.1. The largest absolute Gasteiger partial charge is 0.393 e. The van der Waals surface area contributed by atoms with E-state index in [9.17, 15) is 5.11 Å². The molecule has 10 atom stereocenters. The van der Waals surface area contributed by atoms with E-state index in [-0.39, 0.29) is 6.10 Å². The van der Waals surface area contributed by atoms with Crippen molar-refractivity contribution in [3.8, 4) is 0 Å². The minimum atomic E-state index is -0.0973. The van der Waals surface area contributed by atoms with Crippen molar-refractivity contribution < 1.29 is 5.11 Å². The summed E-state index contributed by atoms with van der Waals surface area (Å²) >= 11 is 0. The van der Waals surface area contributed by atoms with Crippen LogP contribution in [0.3, 0.4) is 0 Å². The van der Waals surface area contributed by atoms with E-state index in [1.165, 1.54) is 63.5 Å². The van der Waals surface area contributed by atoms with Crippen LogP contribution >= 0.6 is 0 Å². The van der Waals surface area contributed by atoms with Crippen molar-refractivity contribution >= 4 is 0 Å². The van der Waals surface area contributed by atoms with Gasteiger partial charge in [-0.05, 0) is 116 Å². The maximum Gasteiger partial charge on any atom is 0.0577 e. The number of hydrogen-bond donors (Lipinski definition) is 1. The predicted octanol–water partition coefficient (Wildman–Crippen LogP) is 8.73. The number of aliphatic hydroxyl groups is 1. The van der Waals surface area contributed by atoms with E-state index in [2.05, 4.69) is 63.5 Å². The third kappa shape index (κ3) is 4.55. The van der Waals surface area contributed by atoms with Gasteiger partial charge in [0, 0.05) is 17.8 Å². The van der Waals surface area contributed by atoms with Crippen LogP contribution in [0, 0.1) is 46.3 Å². The van der Waals surface area contributed by atoms with Crippen LogP contribution in [0.5, 0.6) is 0 Å². The molecule has 1 aromatic heterocycles. The summed E-state index contributed by atoms with van der Waals surface area (Å²) < 4.78 is 0. The zero-order chi connectivity index (χ0) is 25.5. The van der Waals surface area contributed by atoms with Crippen LogP contribution in [0.4, 0.5) is 0 Å². The second-order valence-corrected chi connectivity index (χ2v) is 13.8. The highest BCUT2D eigenvalue weighted by Gasteiger charge is 2.59. The average molecular weight is 490 g/mol. The van der Waals surface area contributed by atoms with E-state index in [0.29, 0.717) is 22.7 Å². The van der Waals surface area contributed by atoms with Gasteiger partial charge in [-0.25, -0.2) is 0 Å². The predicted molar refractivity (Wildman–Crippen MR) is 151 cm³/mol. The average Bonchev–Trinajstić information content (AvgIpc) is 3.23. The molecule has 2 nitrogen and oxygen atoms in total. The molecule has 0 saturated heterocycles. The molecule has 2 heteroatoms. The fourth-order valence-electron chi connectivity index (χ4n) is 9.98. The summed E-state index contributed by atoms with van der Waals surface area (Å²) in [5.41, 5.74) is 3.66. The smallest absolute Gasteiger partial charge is 0.0577 e. The molecule has 0 radical (unpaired) electrons. The molecule has 5 rings (SSSR count). The summed E-state index contributed by atoms with van der Waals surface area (Å²) in [6.07, 6.45) is 20.6. The lowest BCUT2D eigenvalue weighted by Gasteiger charge is -2.58. The van der Waals surface area contributed by atoms with Gasteiger partial charge >= 0.3 is 0 Å². The third-order valence-electron chi connectivity index (χ3n) is 12.1. The quantitative estimate of drug-likeness (QED) is 0.370. The molecule has 36 heavy (non-hydrogen) atoms. The molecule has 0 bridgehead atoms. The van der Waals surface area contributed by atoms with E-state index < -0.39 is 0 Å². The first kappa shape index (κ1) is 26.2. The van der Waals surface area contributed by atoms with Crippen LogP contribution < -0.4 is 0 Å². The van der Waals surface area contributed by atoms with Crippen LogP contribution in [-0.2, 0) is 0 Å². The van der Waals surface area contributed by atoms with Crippen LogP contribution in [-0.4, -0.2) is 16.2 Å². The molecule has 2 unspecified atom stereocenters. The van der Waals surface area contributed by atoms with Crippen molar-refractivity contribution in [3.05, 3.63) is 54.4 Å². The van der Waals surface area contributed by atoms with Crippen molar-refractivity contribution in [1.82, 2.24) is 4.98 Å². The molecule has 1 N–H and O–H groups in total. The normalized spacial score (nSPS) is 40.2. The van der Waals surface area contributed by atoms with Gasteiger partial charge in [-0.3, -0.25) is 4.98 Å². The number of aromatic nitrogens is 1. The summed E-state index contributed by atoms with van der Waals surface area (Å²) in [6, 6.07) is 6.25. The first-order valence-electron chi connectivity index (χ1n) is 15.2. The number of hydrogen-bond acceptors (Lipinski definition) is 2. The topological polar surface area (TPSA) is 33.1 Å². The fraction of sp³-hybridized carbons (Fsp3) is 0.735. The Morgan fingerprint density at radius 3 is 2.67 bits per heavy atom. The Labute approximate surface area is 221 Å². The summed E-state index contributed by atoms with van der Waals surface area (Å²) in [7, 11) is 0. The lowest BCUT2D eigenvalue weighted by molar-refractivity contribution is -0.0573. The number of nitrogens with zero attached hydrogens (tertiary/aromatic N) is 1. The maximum absolute atomic E-state index is 10.3. The highest BCUT2D eigenvalue weighted by Crippen LogP contribution is 2.67. The summed E-state index contributed by atoms with van der Waals surface area (Å²) in [6.45, 7) is 14.3.